The Hall–Kier alpha value is -3.36. The van der Waals surface area contributed by atoms with Crippen molar-refractivity contribution in [1.82, 2.24) is 0 Å². The minimum absolute atomic E-state index is 0.274. The monoisotopic (exact) mass is 553 g/mol. The zero-order valence-corrected chi connectivity index (χ0v) is 23.3. The Morgan fingerprint density at radius 2 is 0.951 bits per heavy atom. The largest absolute Gasteiger partial charge is 0.393 e. The molecule has 0 spiro atoms. The van der Waals surface area contributed by atoms with Gasteiger partial charge in [0.25, 0.3) is 0 Å². The zero-order chi connectivity index (χ0) is 28.3. The van der Waals surface area contributed by atoms with Gasteiger partial charge in [0.1, 0.15) is 23.9 Å². The molecule has 1 aliphatic rings. The van der Waals surface area contributed by atoms with Gasteiger partial charge < -0.3 is 29.8 Å². The smallest absolute Gasteiger partial charge is 0.122 e. The van der Waals surface area contributed by atoms with Gasteiger partial charge in [-0.1, -0.05) is 121 Å². The summed E-state index contributed by atoms with van der Waals surface area (Å²) in [5.41, 5.74) is 9.82. The molecular weight excluding hydrogens is 514 g/mol. The van der Waals surface area contributed by atoms with Crippen LogP contribution in [0.25, 0.3) is 0 Å². The second-order valence-electron chi connectivity index (χ2n) is 10.6. The maximum atomic E-state index is 10.9. The Kier molecular flexibility index (Phi) is 10.3. The van der Waals surface area contributed by atoms with Crippen LogP contribution in [0.1, 0.15) is 28.7 Å². The van der Waals surface area contributed by atoms with Crippen LogP contribution in [0.2, 0.25) is 0 Å². The summed E-state index contributed by atoms with van der Waals surface area (Å²) >= 11 is 0. The van der Waals surface area contributed by atoms with Crippen LogP contribution in [0, 0.1) is 0 Å². The summed E-state index contributed by atoms with van der Waals surface area (Å²) in [5.74, 6) is 0. The van der Waals surface area contributed by atoms with Crippen molar-refractivity contribution in [1.29, 1.82) is 0 Å². The van der Waals surface area contributed by atoms with Crippen LogP contribution in [-0.4, -0.2) is 41.7 Å². The highest BCUT2D eigenvalue weighted by molar-refractivity contribution is 5.18. The molecule has 0 amide bonds. The molecular formula is C35H39NO5. The van der Waals surface area contributed by atoms with E-state index in [1.54, 1.807) is 0 Å². The Morgan fingerprint density at radius 3 is 1.39 bits per heavy atom. The average molecular weight is 554 g/mol. The van der Waals surface area contributed by atoms with Gasteiger partial charge in [-0.05, 0) is 28.7 Å². The van der Waals surface area contributed by atoms with Crippen LogP contribution in [0.15, 0.2) is 121 Å². The van der Waals surface area contributed by atoms with Gasteiger partial charge in [0.05, 0.1) is 33.0 Å². The van der Waals surface area contributed by atoms with Crippen LogP contribution < -0.4 is 5.73 Å². The van der Waals surface area contributed by atoms with Crippen molar-refractivity contribution < 1.29 is 24.1 Å². The highest BCUT2D eigenvalue weighted by atomic mass is 16.6. The predicted molar refractivity (Wildman–Crippen MR) is 159 cm³/mol. The molecule has 0 aromatic heterocycles. The van der Waals surface area contributed by atoms with E-state index in [1.165, 1.54) is 0 Å². The average Bonchev–Trinajstić information content (AvgIpc) is 3.03. The van der Waals surface area contributed by atoms with Gasteiger partial charge in [-0.3, -0.25) is 0 Å². The summed E-state index contributed by atoms with van der Waals surface area (Å²) in [4.78, 5) is 0. The van der Waals surface area contributed by atoms with Crippen LogP contribution in [0.5, 0.6) is 0 Å². The van der Waals surface area contributed by atoms with Gasteiger partial charge in [-0.25, -0.2) is 0 Å². The minimum atomic E-state index is -1.10. The third-order valence-corrected chi connectivity index (χ3v) is 7.62. The highest BCUT2D eigenvalue weighted by Crippen LogP contribution is 2.38. The highest BCUT2D eigenvalue weighted by Gasteiger charge is 2.55. The van der Waals surface area contributed by atoms with Crippen molar-refractivity contribution >= 4 is 0 Å². The summed E-state index contributed by atoms with van der Waals surface area (Å²) in [5, 5.41) is 10.9. The first kappa shape index (κ1) is 29.1. The topological polar surface area (TPSA) is 83.2 Å². The Balaban J connectivity index is 1.46. The van der Waals surface area contributed by atoms with Gasteiger partial charge in [0.2, 0.25) is 0 Å². The van der Waals surface area contributed by atoms with Gasteiger partial charge in [0.15, 0.2) is 0 Å². The van der Waals surface area contributed by atoms with E-state index in [1.807, 2.05) is 121 Å². The maximum Gasteiger partial charge on any atom is 0.122 e. The molecule has 4 aromatic carbocycles. The molecule has 1 saturated carbocycles. The van der Waals surface area contributed by atoms with Crippen LogP contribution in [0.4, 0.5) is 0 Å². The Morgan fingerprint density at radius 1 is 0.561 bits per heavy atom. The first-order valence-electron chi connectivity index (χ1n) is 14.2. The van der Waals surface area contributed by atoms with Gasteiger partial charge >= 0.3 is 0 Å². The van der Waals surface area contributed by atoms with E-state index in [-0.39, 0.29) is 6.61 Å². The number of benzene rings is 4. The molecule has 0 aliphatic heterocycles. The number of aliphatic hydroxyl groups is 1. The molecule has 0 radical (unpaired) electrons. The van der Waals surface area contributed by atoms with Crippen molar-refractivity contribution in [3.05, 3.63) is 144 Å². The van der Waals surface area contributed by atoms with E-state index in [9.17, 15) is 5.11 Å². The molecule has 4 aromatic rings. The quantitative estimate of drug-likeness (QED) is 0.230. The molecule has 0 unspecified atom stereocenters. The van der Waals surface area contributed by atoms with E-state index in [0.29, 0.717) is 32.8 Å². The molecule has 1 fully saturated rings. The second-order valence-corrected chi connectivity index (χ2v) is 10.6. The summed E-state index contributed by atoms with van der Waals surface area (Å²) in [6.07, 6.45) is -1.39. The number of hydrogen-bond acceptors (Lipinski definition) is 6. The van der Waals surface area contributed by atoms with Gasteiger partial charge in [-0.15, -0.1) is 0 Å². The molecule has 6 heteroatoms. The fraction of sp³-hybridized carbons (Fsp3) is 0.314. The zero-order valence-electron chi connectivity index (χ0n) is 23.3. The SMILES string of the molecule is N[C@H]1C[C@@](CO)(OCc2ccccc2)[C@@H](OCc2ccccc2)[C@@H](OCc2ccccc2)[C@H]1OCc1ccccc1. The molecule has 0 bridgehead atoms. The molecule has 0 saturated heterocycles. The summed E-state index contributed by atoms with van der Waals surface area (Å²) < 4.78 is 26.4. The number of nitrogens with two attached hydrogens (primary N) is 1. The van der Waals surface area contributed by atoms with Gasteiger partial charge in [-0.2, -0.15) is 0 Å². The Labute approximate surface area is 242 Å². The van der Waals surface area contributed by atoms with E-state index in [0.717, 1.165) is 22.3 Å². The van der Waals surface area contributed by atoms with Gasteiger partial charge in [0, 0.05) is 6.04 Å². The molecule has 5 rings (SSSR count). The lowest BCUT2D eigenvalue weighted by molar-refractivity contribution is -0.266. The lowest BCUT2D eigenvalue weighted by Gasteiger charge is -2.51. The standard InChI is InChI=1S/C35H39NO5/c36-31-21-35(26-37,41-25-30-19-11-4-12-20-30)34(40-24-29-17-9-3-10-18-29)33(39-23-28-15-7-2-8-16-28)32(31)38-22-27-13-5-1-6-14-27/h1-20,31-34,37H,21-26,36H2/t31-,32-,33-,34-,35-/m0/s1. The van der Waals surface area contributed by atoms with E-state index in [2.05, 4.69) is 0 Å². The number of ether oxygens (including phenoxy) is 4. The van der Waals surface area contributed by atoms with E-state index < -0.39 is 30.0 Å². The summed E-state index contributed by atoms with van der Waals surface area (Å²) in [6.45, 7) is 1.08. The normalized spacial score (nSPS) is 24.2. The molecule has 1 aliphatic carbocycles. The lowest BCUT2D eigenvalue weighted by Crippen LogP contribution is -2.68. The van der Waals surface area contributed by atoms with Crippen molar-refractivity contribution in [2.75, 3.05) is 6.61 Å². The number of hydrogen-bond donors (Lipinski definition) is 2. The van der Waals surface area contributed by atoms with E-state index in [4.69, 9.17) is 24.7 Å². The van der Waals surface area contributed by atoms with Crippen LogP contribution >= 0.6 is 0 Å². The number of aliphatic hydroxyl groups excluding tert-OH is 1. The van der Waals surface area contributed by atoms with Crippen LogP contribution in [0.3, 0.4) is 0 Å². The molecule has 214 valence electrons. The van der Waals surface area contributed by atoms with Crippen molar-refractivity contribution in [3.63, 3.8) is 0 Å². The summed E-state index contributed by atoms with van der Waals surface area (Å²) in [7, 11) is 0. The molecule has 41 heavy (non-hydrogen) atoms. The minimum Gasteiger partial charge on any atom is -0.393 e. The van der Waals surface area contributed by atoms with Crippen molar-refractivity contribution in [2.45, 2.75) is 62.8 Å². The molecule has 6 nitrogen and oxygen atoms in total. The third-order valence-electron chi connectivity index (χ3n) is 7.62. The second kappa shape index (κ2) is 14.5. The third kappa shape index (κ3) is 7.68. The predicted octanol–water partition coefficient (Wildman–Crippen LogP) is 5.42. The molecule has 3 N–H and O–H groups in total. The fourth-order valence-corrected chi connectivity index (χ4v) is 5.43. The van der Waals surface area contributed by atoms with Crippen LogP contribution in [-0.2, 0) is 45.4 Å². The van der Waals surface area contributed by atoms with Crippen molar-refractivity contribution in [2.24, 2.45) is 5.73 Å². The molecule has 5 atom stereocenters. The maximum absolute atomic E-state index is 10.9. The first-order chi connectivity index (χ1) is 20.2. The summed E-state index contributed by atoms with van der Waals surface area (Å²) in [6, 6.07) is 39.4. The fourth-order valence-electron chi connectivity index (χ4n) is 5.43. The molecule has 0 heterocycles. The van der Waals surface area contributed by atoms with Crippen molar-refractivity contribution in [3.8, 4) is 0 Å². The Bertz CT molecular complexity index is 1290. The number of rotatable bonds is 13. The van der Waals surface area contributed by atoms with E-state index >= 15 is 0 Å². The lowest BCUT2D eigenvalue weighted by atomic mass is 9.75. The first-order valence-corrected chi connectivity index (χ1v) is 14.2.